The largest absolute Gasteiger partial charge is 0.282 e. The Morgan fingerprint density at radius 1 is 0.810 bits per heavy atom. The highest BCUT2D eigenvalue weighted by Gasteiger charge is 2.13. The number of nitrogens with zero attached hydrogens (tertiary/aromatic N) is 2. The average molecular weight is 286 g/mol. The number of hydrogen-bond acceptors (Lipinski definition) is 2. The van der Waals surface area contributed by atoms with Gasteiger partial charge in [0.05, 0.1) is 11.0 Å². The van der Waals surface area contributed by atoms with Crippen LogP contribution in [-0.2, 0) is 0 Å². The highest BCUT2D eigenvalue weighted by atomic mass is 32.1. The van der Waals surface area contributed by atoms with Crippen molar-refractivity contribution in [1.82, 2.24) is 9.38 Å². The van der Waals surface area contributed by atoms with E-state index in [4.69, 9.17) is 17.2 Å². The second-order valence-corrected chi connectivity index (χ2v) is 5.66. The van der Waals surface area contributed by atoms with Gasteiger partial charge in [0, 0.05) is 16.2 Å². The summed E-state index contributed by atoms with van der Waals surface area (Å²) in [5.74, 6) is 0. The van der Waals surface area contributed by atoms with E-state index in [9.17, 15) is 0 Å². The topological polar surface area (TPSA) is 17.3 Å². The third-order valence-electron chi connectivity index (χ3n) is 4.14. The molecule has 0 saturated carbocycles. The van der Waals surface area contributed by atoms with Gasteiger partial charge >= 0.3 is 0 Å². The van der Waals surface area contributed by atoms with E-state index in [1.165, 1.54) is 10.8 Å². The first-order valence-corrected chi connectivity index (χ1v) is 7.30. The van der Waals surface area contributed by atoms with Crippen LogP contribution in [0, 0.1) is 4.64 Å². The fourth-order valence-electron chi connectivity index (χ4n) is 3.24. The molecule has 0 unspecified atom stereocenters. The fourth-order valence-corrected chi connectivity index (χ4v) is 3.59. The molecular formula is C18H10N2S. The van der Waals surface area contributed by atoms with Gasteiger partial charge in [-0.15, -0.1) is 0 Å². The first-order valence-electron chi connectivity index (χ1n) is 6.89. The van der Waals surface area contributed by atoms with Gasteiger partial charge in [-0.2, -0.15) is 0 Å². The van der Waals surface area contributed by atoms with E-state index in [1.807, 2.05) is 18.2 Å². The number of benzene rings is 3. The third-order valence-corrected chi connectivity index (χ3v) is 4.54. The van der Waals surface area contributed by atoms with Crippen molar-refractivity contribution >= 4 is 50.4 Å². The minimum Gasteiger partial charge on any atom is -0.282 e. The molecule has 0 aliphatic heterocycles. The molecule has 2 aromatic heterocycles. The Kier molecular flexibility index (Phi) is 2.01. The summed E-state index contributed by atoms with van der Waals surface area (Å²) in [6, 6.07) is 20.8. The molecule has 0 radical (unpaired) electrons. The van der Waals surface area contributed by atoms with E-state index in [0.717, 1.165) is 32.1 Å². The molecule has 0 N–H and O–H groups in total. The lowest BCUT2D eigenvalue weighted by Gasteiger charge is -2.07. The Morgan fingerprint density at radius 3 is 2.43 bits per heavy atom. The van der Waals surface area contributed by atoms with Crippen LogP contribution in [0.25, 0.3) is 38.2 Å². The van der Waals surface area contributed by atoms with Crippen LogP contribution >= 0.6 is 12.2 Å². The normalized spacial score (nSPS) is 12.0. The number of fused-ring (bicyclic) bond motifs is 4. The molecule has 5 rings (SSSR count). The molecule has 3 aromatic carbocycles. The highest BCUT2D eigenvalue weighted by Crippen LogP contribution is 2.32. The summed E-state index contributed by atoms with van der Waals surface area (Å²) in [6.45, 7) is 0. The molecule has 0 spiro atoms. The van der Waals surface area contributed by atoms with Gasteiger partial charge in [-0.3, -0.25) is 4.40 Å². The monoisotopic (exact) mass is 286 g/mol. The third kappa shape index (κ3) is 1.31. The lowest BCUT2D eigenvalue weighted by Crippen LogP contribution is -1.91. The molecule has 2 heterocycles. The zero-order valence-corrected chi connectivity index (χ0v) is 11.9. The zero-order chi connectivity index (χ0) is 14.0. The molecule has 21 heavy (non-hydrogen) atoms. The van der Waals surface area contributed by atoms with E-state index in [2.05, 4.69) is 46.9 Å². The van der Waals surface area contributed by atoms with Crippen LogP contribution in [0.15, 0.2) is 60.7 Å². The molecule has 0 aliphatic rings. The maximum atomic E-state index is 5.75. The molecule has 2 nitrogen and oxygen atoms in total. The average Bonchev–Trinajstić information content (AvgIpc) is 2.92. The van der Waals surface area contributed by atoms with Gasteiger partial charge in [-0.1, -0.05) is 60.7 Å². The molecular weight excluding hydrogens is 276 g/mol. The summed E-state index contributed by atoms with van der Waals surface area (Å²) in [5.41, 5.74) is 3.01. The van der Waals surface area contributed by atoms with Crippen LogP contribution in [0.5, 0.6) is 0 Å². The Bertz CT molecular complexity index is 1200. The van der Waals surface area contributed by atoms with Crippen LogP contribution in [0.1, 0.15) is 0 Å². The van der Waals surface area contributed by atoms with Crippen molar-refractivity contribution in [3.05, 3.63) is 65.3 Å². The van der Waals surface area contributed by atoms with Crippen molar-refractivity contribution in [2.24, 2.45) is 0 Å². The first-order chi connectivity index (χ1) is 10.3. The molecule has 0 atom stereocenters. The van der Waals surface area contributed by atoms with Crippen molar-refractivity contribution < 1.29 is 0 Å². The molecule has 0 amide bonds. The van der Waals surface area contributed by atoms with Crippen molar-refractivity contribution in [2.75, 3.05) is 0 Å². The van der Waals surface area contributed by atoms with E-state index in [-0.39, 0.29) is 0 Å². The summed E-state index contributed by atoms with van der Waals surface area (Å²) >= 11 is 5.75. The predicted molar refractivity (Wildman–Crippen MR) is 89.7 cm³/mol. The van der Waals surface area contributed by atoms with Crippen molar-refractivity contribution in [1.29, 1.82) is 0 Å². The minimum atomic E-state index is 0.836. The molecule has 0 fully saturated rings. The lowest BCUT2D eigenvalue weighted by molar-refractivity contribution is 1.24. The van der Waals surface area contributed by atoms with Crippen LogP contribution in [-0.4, -0.2) is 9.38 Å². The zero-order valence-electron chi connectivity index (χ0n) is 11.1. The smallest absolute Gasteiger partial charge is 0.147 e. The molecule has 0 aliphatic carbocycles. The minimum absolute atomic E-state index is 0.836. The number of para-hydroxylation sites is 2. The molecule has 0 bridgehead atoms. The van der Waals surface area contributed by atoms with Gasteiger partial charge in [0.1, 0.15) is 10.3 Å². The number of pyridine rings is 1. The summed E-state index contributed by atoms with van der Waals surface area (Å²) in [7, 11) is 0. The SMILES string of the molecule is S=c1c2cccc3cccc(c32)c2nc3ccccc3n12. The summed E-state index contributed by atoms with van der Waals surface area (Å²) in [5, 5.41) is 4.71. The van der Waals surface area contributed by atoms with Gasteiger partial charge in [-0.05, 0) is 17.5 Å². The Labute approximate surface area is 125 Å². The molecule has 3 heteroatoms. The fraction of sp³-hybridized carbons (Fsp3) is 0. The van der Waals surface area contributed by atoms with E-state index in [0.29, 0.717) is 0 Å². The summed E-state index contributed by atoms with van der Waals surface area (Å²) < 4.78 is 2.94. The van der Waals surface area contributed by atoms with Gasteiger partial charge < -0.3 is 0 Å². The summed E-state index contributed by atoms with van der Waals surface area (Å²) in [6.07, 6.45) is 0. The summed E-state index contributed by atoms with van der Waals surface area (Å²) in [4.78, 5) is 4.80. The number of rotatable bonds is 0. The molecule has 98 valence electrons. The van der Waals surface area contributed by atoms with Crippen LogP contribution < -0.4 is 0 Å². The van der Waals surface area contributed by atoms with Gasteiger partial charge in [-0.25, -0.2) is 4.98 Å². The van der Waals surface area contributed by atoms with Gasteiger partial charge in [0.2, 0.25) is 0 Å². The van der Waals surface area contributed by atoms with Crippen LogP contribution in [0.4, 0.5) is 0 Å². The Hall–Kier alpha value is -2.52. The number of aromatic nitrogens is 2. The van der Waals surface area contributed by atoms with Crippen molar-refractivity contribution in [3.8, 4) is 0 Å². The maximum Gasteiger partial charge on any atom is 0.147 e. The second kappa shape index (κ2) is 3.77. The first kappa shape index (κ1) is 11.2. The van der Waals surface area contributed by atoms with E-state index in [1.54, 1.807) is 0 Å². The van der Waals surface area contributed by atoms with E-state index < -0.39 is 0 Å². The molecule has 5 aromatic rings. The molecule has 0 saturated heterocycles. The van der Waals surface area contributed by atoms with Gasteiger partial charge in [0.25, 0.3) is 0 Å². The maximum absolute atomic E-state index is 5.75. The van der Waals surface area contributed by atoms with Gasteiger partial charge in [0.15, 0.2) is 0 Å². The number of imidazole rings is 1. The van der Waals surface area contributed by atoms with Crippen LogP contribution in [0.3, 0.4) is 0 Å². The van der Waals surface area contributed by atoms with Crippen LogP contribution in [0.2, 0.25) is 0 Å². The van der Waals surface area contributed by atoms with E-state index >= 15 is 0 Å². The van der Waals surface area contributed by atoms with Crippen molar-refractivity contribution in [2.45, 2.75) is 0 Å². The second-order valence-electron chi connectivity index (χ2n) is 5.27. The Morgan fingerprint density at radius 2 is 1.57 bits per heavy atom. The Balaban J connectivity index is 2.27. The lowest BCUT2D eigenvalue weighted by atomic mass is 10.0. The highest BCUT2D eigenvalue weighted by molar-refractivity contribution is 7.71. The van der Waals surface area contributed by atoms with Crippen molar-refractivity contribution in [3.63, 3.8) is 0 Å². The standard InChI is InChI=1S/C18H10N2S/c21-18-13-8-4-6-11-5-3-7-12(16(11)13)17-19-14-9-1-2-10-15(14)20(17)18/h1-10H. The quantitative estimate of drug-likeness (QED) is 0.374. The number of hydrogen-bond donors (Lipinski definition) is 0. The predicted octanol–water partition coefficient (Wildman–Crippen LogP) is 4.96.